The summed E-state index contributed by atoms with van der Waals surface area (Å²) in [6.45, 7) is 0. The molecule has 8 aromatic carbocycles. The highest BCUT2D eigenvalue weighted by atomic mass is 15.1. The molecule has 0 bridgehead atoms. The Hall–Kier alpha value is -6.12. The minimum Gasteiger partial charge on any atom is -0.399 e. The number of nitrogens with zero attached hydrogens (tertiary/aromatic N) is 1. The maximum Gasteiger partial charge on any atom is 0.0547 e. The second-order valence-electron chi connectivity index (χ2n) is 11.6. The van der Waals surface area contributed by atoms with Crippen LogP contribution in [0.4, 0.5) is 22.7 Å². The van der Waals surface area contributed by atoms with Crippen molar-refractivity contribution in [3.05, 3.63) is 182 Å². The predicted molar refractivity (Wildman–Crippen MR) is 197 cm³/mol. The summed E-state index contributed by atoms with van der Waals surface area (Å²) in [6.07, 6.45) is 0. The Balaban J connectivity index is 1.55. The van der Waals surface area contributed by atoms with Crippen LogP contribution >= 0.6 is 0 Å². The van der Waals surface area contributed by atoms with Crippen molar-refractivity contribution in [3.63, 3.8) is 0 Å². The lowest BCUT2D eigenvalue weighted by Gasteiger charge is -2.31. The molecule has 8 rings (SSSR count). The van der Waals surface area contributed by atoms with Crippen molar-refractivity contribution < 1.29 is 0 Å². The monoisotopic (exact) mass is 588 g/mol. The van der Waals surface area contributed by atoms with Gasteiger partial charge in [-0.05, 0) is 80.4 Å². The Kier molecular flexibility index (Phi) is 7.01. The summed E-state index contributed by atoms with van der Waals surface area (Å²) < 4.78 is 0. The molecule has 46 heavy (non-hydrogen) atoms. The largest absolute Gasteiger partial charge is 0.399 e. The fourth-order valence-corrected chi connectivity index (χ4v) is 6.69. The van der Waals surface area contributed by atoms with Crippen LogP contribution in [0.5, 0.6) is 0 Å². The SMILES string of the molecule is Nc1ccc(-c2ccc(N(c3ccccc3)c3cccc4ccccc34)c(-c3cccc4ccccc34)c2-c2ccccc2)cc1. The number of hydrogen-bond donors (Lipinski definition) is 1. The first-order chi connectivity index (χ1) is 22.8. The maximum absolute atomic E-state index is 6.17. The molecule has 8 aromatic rings. The molecule has 0 saturated carbocycles. The number of nitrogen functional groups attached to an aromatic ring is 1. The van der Waals surface area contributed by atoms with Gasteiger partial charge in [0, 0.05) is 22.3 Å². The summed E-state index contributed by atoms with van der Waals surface area (Å²) in [5, 5.41) is 4.82. The molecule has 0 unspecified atom stereocenters. The van der Waals surface area contributed by atoms with Gasteiger partial charge >= 0.3 is 0 Å². The van der Waals surface area contributed by atoms with Crippen molar-refractivity contribution in [1.29, 1.82) is 0 Å². The minimum absolute atomic E-state index is 0.752. The van der Waals surface area contributed by atoms with Crippen molar-refractivity contribution in [2.24, 2.45) is 0 Å². The van der Waals surface area contributed by atoms with Gasteiger partial charge in [0.1, 0.15) is 0 Å². The topological polar surface area (TPSA) is 29.3 Å². The highest BCUT2D eigenvalue weighted by Crippen LogP contribution is 2.51. The van der Waals surface area contributed by atoms with E-state index in [0.29, 0.717) is 0 Å². The van der Waals surface area contributed by atoms with Gasteiger partial charge in [-0.3, -0.25) is 0 Å². The molecule has 2 nitrogen and oxygen atoms in total. The minimum atomic E-state index is 0.752. The number of anilines is 4. The van der Waals surface area contributed by atoms with Crippen LogP contribution in [0, 0.1) is 0 Å². The lowest BCUT2D eigenvalue weighted by atomic mass is 9.84. The van der Waals surface area contributed by atoms with Crippen molar-refractivity contribution in [2.45, 2.75) is 0 Å². The van der Waals surface area contributed by atoms with E-state index >= 15 is 0 Å². The molecule has 0 aliphatic carbocycles. The zero-order valence-electron chi connectivity index (χ0n) is 25.3. The molecule has 0 aliphatic rings. The van der Waals surface area contributed by atoms with Crippen LogP contribution in [0.25, 0.3) is 54.9 Å². The summed E-state index contributed by atoms with van der Waals surface area (Å²) >= 11 is 0. The molecule has 2 N–H and O–H groups in total. The van der Waals surface area contributed by atoms with E-state index in [1.807, 2.05) is 12.1 Å². The summed E-state index contributed by atoms with van der Waals surface area (Å²) in [5.74, 6) is 0. The Morgan fingerprint density at radius 1 is 0.348 bits per heavy atom. The van der Waals surface area contributed by atoms with Gasteiger partial charge in [-0.1, -0.05) is 146 Å². The van der Waals surface area contributed by atoms with Crippen LogP contribution in [-0.2, 0) is 0 Å². The Labute approximate surface area is 269 Å². The molecule has 0 amide bonds. The number of fused-ring (bicyclic) bond motifs is 2. The zero-order chi connectivity index (χ0) is 30.9. The molecule has 2 heteroatoms. The van der Waals surface area contributed by atoms with E-state index in [9.17, 15) is 0 Å². The number of rotatable bonds is 6. The smallest absolute Gasteiger partial charge is 0.0547 e. The molecule has 0 saturated heterocycles. The van der Waals surface area contributed by atoms with Gasteiger partial charge in [0.2, 0.25) is 0 Å². The number of para-hydroxylation sites is 1. The molecule has 0 fully saturated rings. The lowest BCUT2D eigenvalue weighted by molar-refractivity contribution is 1.30. The van der Waals surface area contributed by atoms with Crippen LogP contribution in [0.15, 0.2) is 182 Å². The Bertz CT molecular complexity index is 2300. The second kappa shape index (κ2) is 11.8. The van der Waals surface area contributed by atoms with Crippen molar-refractivity contribution >= 4 is 44.3 Å². The maximum atomic E-state index is 6.17. The molecule has 0 heterocycles. The van der Waals surface area contributed by atoms with Crippen LogP contribution in [0.1, 0.15) is 0 Å². The van der Waals surface area contributed by atoms with Crippen LogP contribution in [0.2, 0.25) is 0 Å². The first-order valence-corrected chi connectivity index (χ1v) is 15.7. The van der Waals surface area contributed by atoms with E-state index in [1.165, 1.54) is 38.2 Å². The number of hydrogen-bond acceptors (Lipinski definition) is 2. The molecule has 0 aromatic heterocycles. The van der Waals surface area contributed by atoms with Gasteiger partial charge in [-0.15, -0.1) is 0 Å². The van der Waals surface area contributed by atoms with E-state index < -0.39 is 0 Å². The van der Waals surface area contributed by atoms with Crippen molar-refractivity contribution in [1.82, 2.24) is 0 Å². The average molecular weight is 589 g/mol. The average Bonchev–Trinajstić information content (AvgIpc) is 3.12. The van der Waals surface area contributed by atoms with Gasteiger partial charge in [-0.2, -0.15) is 0 Å². The summed E-state index contributed by atoms with van der Waals surface area (Å²) in [4.78, 5) is 2.43. The Morgan fingerprint density at radius 3 is 1.67 bits per heavy atom. The third kappa shape index (κ3) is 4.87. The molecule has 0 spiro atoms. The Morgan fingerprint density at radius 2 is 0.935 bits per heavy atom. The lowest BCUT2D eigenvalue weighted by Crippen LogP contribution is -2.12. The first kappa shape index (κ1) is 27.4. The zero-order valence-corrected chi connectivity index (χ0v) is 25.3. The van der Waals surface area contributed by atoms with Gasteiger partial charge in [0.05, 0.1) is 11.4 Å². The molecular weight excluding hydrogens is 556 g/mol. The molecule has 0 aliphatic heterocycles. The predicted octanol–water partition coefficient (Wildman–Crippen LogP) is 12.0. The molecule has 218 valence electrons. The highest BCUT2D eigenvalue weighted by molar-refractivity contribution is 6.11. The van der Waals surface area contributed by atoms with Gasteiger partial charge in [-0.25, -0.2) is 0 Å². The van der Waals surface area contributed by atoms with E-state index in [0.717, 1.165) is 39.4 Å². The van der Waals surface area contributed by atoms with Crippen molar-refractivity contribution in [3.8, 4) is 33.4 Å². The fourth-order valence-electron chi connectivity index (χ4n) is 6.69. The molecule has 0 atom stereocenters. The number of nitrogens with two attached hydrogens (primary N) is 1. The molecular formula is C44H32N2. The van der Waals surface area contributed by atoms with Crippen LogP contribution in [0.3, 0.4) is 0 Å². The normalized spacial score (nSPS) is 11.1. The third-order valence-corrected chi connectivity index (χ3v) is 8.79. The van der Waals surface area contributed by atoms with E-state index in [2.05, 4.69) is 175 Å². The van der Waals surface area contributed by atoms with E-state index in [-0.39, 0.29) is 0 Å². The first-order valence-electron chi connectivity index (χ1n) is 15.7. The quantitative estimate of drug-likeness (QED) is 0.196. The third-order valence-electron chi connectivity index (χ3n) is 8.79. The summed E-state index contributed by atoms with van der Waals surface area (Å²) in [7, 11) is 0. The van der Waals surface area contributed by atoms with E-state index in [4.69, 9.17) is 5.73 Å². The van der Waals surface area contributed by atoms with Crippen LogP contribution < -0.4 is 10.6 Å². The second-order valence-corrected chi connectivity index (χ2v) is 11.6. The number of benzene rings is 8. The van der Waals surface area contributed by atoms with Gasteiger partial charge in [0.15, 0.2) is 0 Å². The molecule has 0 radical (unpaired) electrons. The van der Waals surface area contributed by atoms with Crippen LogP contribution in [-0.4, -0.2) is 0 Å². The standard InChI is InChI=1S/C44H32N2/c45-35-27-25-33(26-28-35)39-29-30-42(46(36-19-5-2-6-20-36)41-24-12-18-32-14-8-10-22-38(32)41)44(43(39)34-15-3-1-4-16-34)40-23-11-17-31-13-7-9-21-37(31)40/h1-30H,45H2. The van der Waals surface area contributed by atoms with Gasteiger partial charge < -0.3 is 10.6 Å². The summed E-state index contributed by atoms with van der Waals surface area (Å²) in [5.41, 5.74) is 17.2. The van der Waals surface area contributed by atoms with Crippen molar-refractivity contribution in [2.75, 3.05) is 10.6 Å². The summed E-state index contributed by atoms with van der Waals surface area (Å²) in [6, 6.07) is 64.9. The van der Waals surface area contributed by atoms with Gasteiger partial charge in [0.25, 0.3) is 0 Å². The fraction of sp³-hybridized carbons (Fsp3) is 0. The van der Waals surface area contributed by atoms with E-state index in [1.54, 1.807) is 0 Å². The highest BCUT2D eigenvalue weighted by Gasteiger charge is 2.25.